The number of hydrogen-bond acceptors (Lipinski definition) is 8. The number of aryl methyl sites for hydroxylation is 1. The number of amides is 4. The Labute approximate surface area is 299 Å². The first kappa shape index (κ1) is 36.2. The van der Waals surface area contributed by atoms with Gasteiger partial charge in [-0.15, -0.1) is 0 Å². The van der Waals surface area contributed by atoms with Crippen molar-refractivity contribution < 1.29 is 33.0 Å². The summed E-state index contributed by atoms with van der Waals surface area (Å²) in [7, 11) is 1.47. The number of nitrogens with zero attached hydrogens (tertiary/aromatic N) is 5. The maximum Gasteiger partial charge on any atom is 0.275 e. The number of ether oxygens (including phenoxy) is 2. The highest BCUT2D eigenvalue weighted by Gasteiger charge is 2.39. The van der Waals surface area contributed by atoms with Gasteiger partial charge in [0.25, 0.3) is 23.3 Å². The Balaban J connectivity index is 1.36. The number of halogens is 1. The molecule has 1 fully saturated rings. The maximum atomic E-state index is 15.0. The third-order valence-corrected chi connectivity index (χ3v) is 9.26. The van der Waals surface area contributed by atoms with Crippen molar-refractivity contribution in [2.75, 3.05) is 39.3 Å². The fourth-order valence-corrected chi connectivity index (χ4v) is 6.69. The molecule has 3 aromatic carbocycles. The van der Waals surface area contributed by atoms with E-state index in [4.69, 9.17) is 9.47 Å². The van der Waals surface area contributed by atoms with E-state index in [9.17, 15) is 28.4 Å². The predicted molar refractivity (Wildman–Crippen MR) is 190 cm³/mol. The zero-order valence-corrected chi connectivity index (χ0v) is 29.6. The van der Waals surface area contributed by atoms with Crippen LogP contribution in [0.5, 0.6) is 11.5 Å². The molecule has 52 heavy (non-hydrogen) atoms. The molecule has 4 bridgehead atoms. The molecule has 0 radical (unpaired) electrons. The second kappa shape index (κ2) is 15.3. The highest BCUT2D eigenvalue weighted by Crippen LogP contribution is 2.29. The van der Waals surface area contributed by atoms with Gasteiger partial charge in [-0.3, -0.25) is 24.0 Å². The van der Waals surface area contributed by atoms with Crippen LogP contribution >= 0.6 is 0 Å². The number of carbonyl (C=O) groups is 4. The molecule has 2 atom stereocenters. The summed E-state index contributed by atoms with van der Waals surface area (Å²) < 4.78 is 28.4. The van der Waals surface area contributed by atoms with Crippen LogP contribution in [0.2, 0.25) is 0 Å². The Hall–Kier alpha value is -5.63. The minimum absolute atomic E-state index is 0.0478. The summed E-state index contributed by atoms with van der Waals surface area (Å²) in [6.45, 7) is 6.44. The van der Waals surface area contributed by atoms with E-state index in [0.717, 1.165) is 4.68 Å². The molecular formula is C38H41FN6O7. The maximum absolute atomic E-state index is 15.0. The summed E-state index contributed by atoms with van der Waals surface area (Å²) in [5, 5.41) is 7.99. The van der Waals surface area contributed by atoms with Gasteiger partial charge < -0.3 is 29.5 Å². The lowest BCUT2D eigenvalue weighted by atomic mass is 10.1. The van der Waals surface area contributed by atoms with Crippen molar-refractivity contribution in [1.29, 1.82) is 0 Å². The Morgan fingerprint density at radius 2 is 1.69 bits per heavy atom. The van der Waals surface area contributed by atoms with Crippen molar-refractivity contribution in [2.24, 2.45) is 7.05 Å². The smallest absolute Gasteiger partial charge is 0.275 e. The summed E-state index contributed by atoms with van der Waals surface area (Å²) >= 11 is 0. The third-order valence-electron chi connectivity index (χ3n) is 9.26. The fourth-order valence-electron chi connectivity index (χ4n) is 6.69. The van der Waals surface area contributed by atoms with E-state index in [0.29, 0.717) is 35.8 Å². The second-order valence-electron chi connectivity index (χ2n) is 12.9. The van der Waals surface area contributed by atoms with Crippen LogP contribution in [-0.4, -0.2) is 99.5 Å². The fraction of sp³-hybridized carbons (Fsp3) is 0.368. The van der Waals surface area contributed by atoms with Gasteiger partial charge in [0.05, 0.1) is 30.7 Å². The number of aromatic nitrogens is 2. The van der Waals surface area contributed by atoms with E-state index < -0.39 is 35.7 Å². The number of hydrogen-bond donors (Lipinski definition) is 1. The molecule has 13 nitrogen and oxygen atoms in total. The molecule has 2 aliphatic rings. The first-order chi connectivity index (χ1) is 25.0. The lowest BCUT2D eigenvalue weighted by Gasteiger charge is -2.25. The third kappa shape index (κ3) is 7.52. The number of rotatable bonds is 6. The van der Waals surface area contributed by atoms with Crippen molar-refractivity contribution in [3.63, 3.8) is 0 Å². The van der Waals surface area contributed by atoms with Crippen LogP contribution in [0.1, 0.15) is 64.0 Å². The lowest BCUT2D eigenvalue weighted by Crippen LogP contribution is -2.49. The molecule has 2 aliphatic heterocycles. The summed E-state index contributed by atoms with van der Waals surface area (Å²) in [4.78, 5) is 72.3. The highest BCUT2D eigenvalue weighted by molar-refractivity contribution is 6.05. The number of benzene rings is 3. The molecule has 0 aliphatic carbocycles. The predicted octanol–water partition coefficient (Wildman–Crippen LogP) is 3.74. The zero-order valence-electron chi connectivity index (χ0n) is 29.6. The summed E-state index contributed by atoms with van der Waals surface area (Å²) in [5.74, 6) is -2.06. The van der Waals surface area contributed by atoms with E-state index in [-0.39, 0.29) is 72.6 Å². The summed E-state index contributed by atoms with van der Waals surface area (Å²) in [5.41, 5.74) is 0.504. The van der Waals surface area contributed by atoms with Crippen molar-refractivity contribution in [3.8, 4) is 11.5 Å². The van der Waals surface area contributed by atoms with Crippen LogP contribution in [0.4, 0.5) is 4.39 Å². The van der Waals surface area contributed by atoms with E-state index in [1.54, 1.807) is 35.2 Å². The largest absolute Gasteiger partial charge is 0.457 e. The molecule has 0 saturated carbocycles. The van der Waals surface area contributed by atoms with E-state index in [1.165, 1.54) is 47.2 Å². The molecule has 1 saturated heterocycles. The monoisotopic (exact) mass is 712 g/mol. The zero-order chi connectivity index (χ0) is 37.1. The molecule has 1 aromatic heterocycles. The molecular weight excluding hydrogens is 671 g/mol. The first-order valence-electron chi connectivity index (χ1n) is 17.4. The summed E-state index contributed by atoms with van der Waals surface area (Å²) in [6.07, 6.45) is -0.172. The van der Waals surface area contributed by atoms with E-state index in [1.807, 2.05) is 20.8 Å². The Morgan fingerprint density at radius 3 is 2.42 bits per heavy atom. The average Bonchev–Trinajstić information content (AvgIpc) is 3.53. The molecule has 4 aromatic rings. The van der Waals surface area contributed by atoms with Gasteiger partial charge in [0, 0.05) is 62.4 Å². The van der Waals surface area contributed by atoms with Crippen molar-refractivity contribution in [3.05, 3.63) is 99.2 Å². The Kier molecular flexibility index (Phi) is 10.7. The minimum Gasteiger partial charge on any atom is -0.457 e. The Bertz CT molecular complexity index is 2100. The van der Waals surface area contributed by atoms with Crippen molar-refractivity contribution in [2.45, 2.75) is 45.9 Å². The quantitative estimate of drug-likeness (QED) is 0.319. The van der Waals surface area contributed by atoms with Gasteiger partial charge in [0.1, 0.15) is 17.3 Å². The van der Waals surface area contributed by atoms with Gasteiger partial charge in [0.15, 0.2) is 5.69 Å². The molecule has 0 spiro atoms. The van der Waals surface area contributed by atoms with E-state index in [2.05, 4.69) is 10.4 Å². The second-order valence-corrected chi connectivity index (χ2v) is 12.9. The SMILES string of the molecule is CCCN1CC(=O)N[C@@H]2CN(C(=O)c3nn(C)c(=O)c4ccccc34)C[C@H]2OCc2cc(F)cc(c2)Oc2cc(C(=O)N(CC)CC)cc(c2)C1=O. The minimum atomic E-state index is -0.719. The molecule has 6 rings (SSSR count). The Morgan fingerprint density at radius 1 is 0.962 bits per heavy atom. The molecule has 1 N–H and O–H groups in total. The molecule has 272 valence electrons. The van der Waals surface area contributed by atoms with Gasteiger partial charge in [-0.1, -0.05) is 25.1 Å². The van der Waals surface area contributed by atoms with Crippen LogP contribution in [0.15, 0.2) is 65.5 Å². The van der Waals surface area contributed by atoms with Crippen molar-refractivity contribution in [1.82, 2.24) is 29.8 Å². The van der Waals surface area contributed by atoms with Crippen LogP contribution in [0, 0.1) is 5.82 Å². The number of fused-ring (bicyclic) bond motifs is 6. The summed E-state index contributed by atoms with van der Waals surface area (Å²) in [6, 6.07) is 14.6. The normalized spacial score (nSPS) is 17.8. The molecule has 14 heteroatoms. The van der Waals surface area contributed by atoms with Gasteiger partial charge in [0.2, 0.25) is 5.91 Å². The van der Waals surface area contributed by atoms with Crippen LogP contribution in [-0.2, 0) is 23.2 Å². The van der Waals surface area contributed by atoms with Gasteiger partial charge in [-0.2, -0.15) is 5.10 Å². The average molecular weight is 713 g/mol. The van der Waals surface area contributed by atoms with Gasteiger partial charge >= 0.3 is 0 Å². The molecule has 3 heterocycles. The van der Waals surface area contributed by atoms with Gasteiger partial charge in [-0.05, 0) is 62.2 Å². The number of nitrogens with one attached hydrogen (secondary N) is 1. The number of likely N-dealkylation sites (tertiary alicyclic amines) is 1. The molecule has 0 unspecified atom stereocenters. The topological polar surface area (TPSA) is 143 Å². The van der Waals surface area contributed by atoms with Crippen LogP contribution in [0.3, 0.4) is 0 Å². The number of carbonyl (C=O) groups excluding carboxylic acids is 4. The van der Waals surface area contributed by atoms with Crippen molar-refractivity contribution >= 4 is 34.4 Å². The van der Waals surface area contributed by atoms with E-state index >= 15 is 0 Å². The lowest BCUT2D eigenvalue weighted by molar-refractivity contribution is -0.123. The highest BCUT2D eigenvalue weighted by atomic mass is 19.1. The first-order valence-corrected chi connectivity index (χ1v) is 17.4. The molecule has 4 amide bonds. The van der Waals surface area contributed by atoms with Crippen LogP contribution in [0.25, 0.3) is 10.8 Å². The standard InChI is InChI=1S/C38H41FN6O7/c1-5-12-44-21-33(46)40-31-19-45(38(50)34-29-10-8-9-11-30(29)37(49)42(4)41-34)20-32(31)51-22-23-13-26(39)18-27(14-23)52-28-16-24(15-25(17-28)36(44)48)35(47)43(6-2)7-3/h8-11,13-18,31-32H,5-7,12,19-22H2,1-4H3,(H,40,46)/t31-,32-/m1/s1. The van der Waals surface area contributed by atoms with Gasteiger partial charge in [-0.25, -0.2) is 9.07 Å². The van der Waals surface area contributed by atoms with Crippen LogP contribution < -0.4 is 15.6 Å².